The van der Waals surface area contributed by atoms with Crippen LogP contribution in [0.5, 0.6) is 0 Å². The number of rotatable bonds is 5. The molecule has 0 saturated carbocycles. The molecule has 0 atom stereocenters. The molecule has 1 aliphatic carbocycles. The zero-order valence-electron chi connectivity index (χ0n) is 30.0. The van der Waals surface area contributed by atoms with Crippen LogP contribution in [-0.4, -0.2) is 0 Å². The van der Waals surface area contributed by atoms with Gasteiger partial charge in [-0.2, -0.15) is 0 Å². The summed E-state index contributed by atoms with van der Waals surface area (Å²) in [5, 5.41) is 4.47. The second-order valence-electron chi connectivity index (χ2n) is 14.9. The molecule has 0 saturated heterocycles. The molecule has 2 aromatic heterocycles. The summed E-state index contributed by atoms with van der Waals surface area (Å²) in [6, 6.07) is 62.9. The number of furan rings is 2. The van der Waals surface area contributed by atoms with Gasteiger partial charge >= 0.3 is 0 Å². The molecule has 0 amide bonds. The lowest BCUT2D eigenvalue weighted by molar-refractivity contribution is 0.653. The third kappa shape index (κ3) is 4.55. The predicted molar refractivity (Wildman–Crippen MR) is 224 cm³/mol. The highest BCUT2D eigenvalue weighted by Gasteiger charge is 2.37. The summed E-state index contributed by atoms with van der Waals surface area (Å²) in [5.41, 5.74) is 16.4. The normalized spacial score (nSPS) is 13.1. The molecule has 0 N–H and O–H groups in total. The number of fused-ring (bicyclic) bond motifs is 10. The van der Waals surface area contributed by atoms with Crippen molar-refractivity contribution in [2.75, 3.05) is 4.90 Å². The molecule has 0 spiro atoms. The first-order valence-electron chi connectivity index (χ1n) is 18.6. The van der Waals surface area contributed by atoms with Gasteiger partial charge in [0.2, 0.25) is 0 Å². The number of anilines is 3. The van der Waals surface area contributed by atoms with Crippen molar-refractivity contribution in [3.05, 3.63) is 187 Å². The van der Waals surface area contributed by atoms with Crippen molar-refractivity contribution in [1.29, 1.82) is 0 Å². The number of nitrogens with zero attached hydrogens (tertiary/aromatic N) is 1. The zero-order chi connectivity index (χ0) is 36.0. The lowest BCUT2D eigenvalue weighted by atomic mass is 9.82. The first-order chi connectivity index (χ1) is 26.5. The summed E-state index contributed by atoms with van der Waals surface area (Å²) in [4.78, 5) is 2.38. The number of benzene rings is 8. The van der Waals surface area contributed by atoms with Crippen LogP contribution in [0.15, 0.2) is 185 Å². The Labute approximate surface area is 313 Å². The Morgan fingerprint density at radius 3 is 1.98 bits per heavy atom. The van der Waals surface area contributed by atoms with Gasteiger partial charge in [-0.3, -0.25) is 0 Å². The summed E-state index contributed by atoms with van der Waals surface area (Å²) >= 11 is 0. The van der Waals surface area contributed by atoms with Gasteiger partial charge in [0.15, 0.2) is 0 Å². The third-order valence-electron chi connectivity index (χ3n) is 11.5. The number of hydrogen-bond acceptors (Lipinski definition) is 3. The van der Waals surface area contributed by atoms with Gasteiger partial charge in [-0.1, -0.05) is 135 Å². The number of para-hydroxylation sites is 1. The summed E-state index contributed by atoms with van der Waals surface area (Å²) in [7, 11) is 0. The molecule has 0 radical (unpaired) electrons. The van der Waals surface area contributed by atoms with Crippen LogP contribution >= 0.6 is 0 Å². The molecular formula is C51H35NO2. The second-order valence-corrected chi connectivity index (χ2v) is 14.9. The van der Waals surface area contributed by atoms with E-state index in [0.29, 0.717) is 0 Å². The van der Waals surface area contributed by atoms with E-state index in [0.717, 1.165) is 72.1 Å². The fourth-order valence-corrected chi connectivity index (χ4v) is 8.83. The molecule has 54 heavy (non-hydrogen) atoms. The van der Waals surface area contributed by atoms with Crippen LogP contribution in [0.1, 0.15) is 25.0 Å². The Morgan fingerprint density at radius 2 is 1.09 bits per heavy atom. The monoisotopic (exact) mass is 693 g/mol. The van der Waals surface area contributed by atoms with E-state index in [-0.39, 0.29) is 5.41 Å². The van der Waals surface area contributed by atoms with Gasteiger partial charge in [0.05, 0.1) is 11.1 Å². The highest BCUT2D eigenvalue weighted by atomic mass is 16.3. The SMILES string of the molecule is CC1(C)c2ccccc2-c2c1ccc1c2oc2cccc(N(c3ccc(-c4ccccc4)cc3)c3cccc(-c4ccc5c(c4)oc4ccccc45)c3)c21. The Kier molecular flexibility index (Phi) is 6.60. The van der Waals surface area contributed by atoms with E-state index in [1.165, 1.54) is 33.4 Å². The van der Waals surface area contributed by atoms with E-state index in [9.17, 15) is 0 Å². The first kappa shape index (κ1) is 30.8. The van der Waals surface area contributed by atoms with Gasteiger partial charge in [-0.25, -0.2) is 0 Å². The molecule has 3 heteroatoms. The molecule has 2 heterocycles. The summed E-state index contributed by atoms with van der Waals surface area (Å²) in [6.45, 7) is 4.63. The highest BCUT2D eigenvalue weighted by molar-refractivity contribution is 6.17. The Balaban J connectivity index is 1.12. The molecule has 3 nitrogen and oxygen atoms in total. The lowest BCUT2D eigenvalue weighted by Gasteiger charge is -2.27. The van der Waals surface area contributed by atoms with Gasteiger partial charge < -0.3 is 13.7 Å². The van der Waals surface area contributed by atoms with E-state index >= 15 is 0 Å². The maximum Gasteiger partial charge on any atom is 0.143 e. The second kappa shape index (κ2) is 11.6. The molecule has 1 aliphatic rings. The Bertz CT molecular complexity index is 3070. The lowest BCUT2D eigenvalue weighted by Crippen LogP contribution is -2.14. The van der Waals surface area contributed by atoms with Crippen molar-refractivity contribution in [3.8, 4) is 33.4 Å². The van der Waals surface area contributed by atoms with Crippen molar-refractivity contribution < 1.29 is 8.83 Å². The van der Waals surface area contributed by atoms with Gasteiger partial charge in [0.1, 0.15) is 22.3 Å². The Hall–Kier alpha value is -6.84. The summed E-state index contributed by atoms with van der Waals surface area (Å²) in [5.74, 6) is 0. The smallest absolute Gasteiger partial charge is 0.143 e. The quantitative estimate of drug-likeness (QED) is 0.180. The Morgan fingerprint density at radius 1 is 0.426 bits per heavy atom. The van der Waals surface area contributed by atoms with Gasteiger partial charge in [-0.15, -0.1) is 0 Å². The van der Waals surface area contributed by atoms with Crippen LogP contribution in [0.3, 0.4) is 0 Å². The maximum atomic E-state index is 6.91. The fraction of sp³-hybridized carbons (Fsp3) is 0.0588. The third-order valence-corrected chi connectivity index (χ3v) is 11.5. The van der Waals surface area contributed by atoms with Crippen molar-refractivity contribution in [1.82, 2.24) is 0 Å². The van der Waals surface area contributed by atoms with Crippen LogP contribution in [-0.2, 0) is 5.41 Å². The molecular weight excluding hydrogens is 659 g/mol. The minimum absolute atomic E-state index is 0.111. The zero-order valence-corrected chi connectivity index (χ0v) is 30.0. The van der Waals surface area contributed by atoms with Gasteiger partial charge in [-0.05, 0) is 93.5 Å². The molecule has 11 rings (SSSR count). The van der Waals surface area contributed by atoms with Crippen LogP contribution < -0.4 is 4.90 Å². The molecule has 8 aromatic carbocycles. The fourth-order valence-electron chi connectivity index (χ4n) is 8.83. The van der Waals surface area contributed by atoms with Gasteiger partial charge in [0.25, 0.3) is 0 Å². The minimum Gasteiger partial charge on any atom is -0.456 e. The molecule has 0 fully saturated rings. The highest BCUT2D eigenvalue weighted by Crippen LogP contribution is 2.54. The van der Waals surface area contributed by atoms with E-state index in [4.69, 9.17) is 8.83 Å². The van der Waals surface area contributed by atoms with E-state index in [2.05, 4.69) is 183 Å². The molecule has 0 bridgehead atoms. The summed E-state index contributed by atoms with van der Waals surface area (Å²) in [6.07, 6.45) is 0. The van der Waals surface area contributed by atoms with E-state index in [1.807, 2.05) is 12.1 Å². The van der Waals surface area contributed by atoms with E-state index in [1.54, 1.807) is 0 Å². The molecule has 0 unspecified atom stereocenters. The predicted octanol–water partition coefficient (Wildman–Crippen LogP) is 14.6. The average molecular weight is 694 g/mol. The standard InChI is InChI=1S/C51H35NO2/c1-51(2)42-18-8-6-17-40(42)48-43(51)29-28-41-49-44(19-11-21-46(49)54-50(41)48)52(36-25-22-33(23-26-36)32-12-4-3-5-13-32)37-15-10-14-34(30-37)35-24-27-39-38-16-7-9-20-45(38)53-47(39)31-35/h3-31H,1-2H3. The molecule has 10 aromatic rings. The minimum atomic E-state index is -0.111. The summed E-state index contributed by atoms with van der Waals surface area (Å²) < 4.78 is 13.2. The largest absolute Gasteiger partial charge is 0.456 e. The van der Waals surface area contributed by atoms with Crippen LogP contribution in [0, 0.1) is 0 Å². The van der Waals surface area contributed by atoms with Crippen LogP contribution in [0.4, 0.5) is 17.1 Å². The van der Waals surface area contributed by atoms with Crippen LogP contribution in [0.2, 0.25) is 0 Å². The first-order valence-corrected chi connectivity index (χ1v) is 18.6. The average Bonchev–Trinajstić information content (AvgIpc) is 3.86. The van der Waals surface area contributed by atoms with Crippen molar-refractivity contribution in [2.45, 2.75) is 19.3 Å². The number of hydrogen-bond donors (Lipinski definition) is 0. The van der Waals surface area contributed by atoms with Crippen LogP contribution in [0.25, 0.3) is 77.3 Å². The topological polar surface area (TPSA) is 29.5 Å². The van der Waals surface area contributed by atoms with E-state index < -0.39 is 0 Å². The maximum absolute atomic E-state index is 6.91. The van der Waals surface area contributed by atoms with Crippen molar-refractivity contribution >= 4 is 60.9 Å². The van der Waals surface area contributed by atoms with Crippen molar-refractivity contribution in [3.63, 3.8) is 0 Å². The van der Waals surface area contributed by atoms with Crippen molar-refractivity contribution in [2.24, 2.45) is 0 Å². The van der Waals surface area contributed by atoms with Gasteiger partial charge in [0, 0.05) is 38.5 Å². The molecule has 256 valence electrons. The molecule has 0 aliphatic heterocycles.